The normalized spacial score (nSPS) is 17.2. The second kappa shape index (κ2) is 11.2. The molecule has 0 fully saturated rings. The maximum atomic E-state index is 2.59. The average molecular weight is 488 g/mol. The van der Waals surface area contributed by atoms with Crippen molar-refractivity contribution in [2.45, 2.75) is 65.5 Å². The van der Waals surface area contributed by atoms with Crippen LogP contribution in [0.2, 0.25) is 0 Å². The van der Waals surface area contributed by atoms with E-state index in [1.807, 2.05) is 0 Å². The summed E-state index contributed by atoms with van der Waals surface area (Å²) < 4.78 is 2.59. The molecule has 0 radical (unpaired) electrons. The van der Waals surface area contributed by atoms with Crippen molar-refractivity contribution in [2.75, 3.05) is 4.90 Å². The summed E-state index contributed by atoms with van der Waals surface area (Å²) in [5.41, 5.74) is 11.1. The molecule has 4 aromatic rings. The third-order valence-electron chi connectivity index (χ3n) is 7.88. The molecule has 0 spiro atoms. The summed E-state index contributed by atoms with van der Waals surface area (Å²) in [6, 6.07) is 36.2. The first-order chi connectivity index (χ1) is 18.2. The summed E-state index contributed by atoms with van der Waals surface area (Å²) in [6.07, 6.45) is 6.47. The van der Waals surface area contributed by atoms with Crippen molar-refractivity contribution in [1.82, 2.24) is 0 Å². The Kier molecular flexibility index (Phi) is 7.55. The standard InChI is InChI=1S/C35H39N2/c1-5-26-21-15-22-27(6-2)32(26)36-25-37(33-28(7-3)23-16-24-29(33)8-4)35(31-19-13-10-14-20-31)34(36)30-17-11-9-12-18-30/h9-25,34-35H,5-8H2,1-4H3/q+1. The van der Waals surface area contributed by atoms with Crippen LogP contribution in [0.25, 0.3) is 0 Å². The summed E-state index contributed by atoms with van der Waals surface area (Å²) in [7, 11) is 0. The molecule has 0 bridgehead atoms. The van der Waals surface area contributed by atoms with E-state index in [0.717, 1.165) is 25.7 Å². The van der Waals surface area contributed by atoms with E-state index in [9.17, 15) is 0 Å². The largest absolute Gasteiger partial charge is 0.245 e. The molecule has 2 heteroatoms. The summed E-state index contributed by atoms with van der Waals surface area (Å²) in [5, 5.41) is 0. The molecule has 0 N–H and O–H groups in total. The fraction of sp³-hybridized carbons (Fsp3) is 0.286. The van der Waals surface area contributed by atoms with E-state index in [0.29, 0.717) is 0 Å². The van der Waals surface area contributed by atoms with Crippen molar-refractivity contribution >= 4 is 17.7 Å². The van der Waals surface area contributed by atoms with E-state index < -0.39 is 0 Å². The molecule has 188 valence electrons. The highest BCUT2D eigenvalue weighted by molar-refractivity contribution is 5.84. The number of para-hydroxylation sites is 2. The van der Waals surface area contributed by atoms with Gasteiger partial charge in [0.25, 0.3) is 0 Å². The van der Waals surface area contributed by atoms with Crippen molar-refractivity contribution in [3.63, 3.8) is 0 Å². The van der Waals surface area contributed by atoms with Crippen molar-refractivity contribution in [1.29, 1.82) is 0 Å². The number of hydrogen-bond acceptors (Lipinski definition) is 1. The van der Waals surface area contributed by atoms with Crippen LogP contribution in [0.4, 0.5) is 11.4 Å². The Morgan fingerprint density at radius 3 is 1.49 bits per heavy atom. The zero-order valence-corrected chi connectivity index (χ0v) is 22.7. The van der Waals surface area contributed by atoms with Crippen LogP contribution in [0.5, 0.6) is 0 Å². The third-order valence-corrected chi connectivity index (χ3v) is 7.88. The Morgan fingerprint density at radius 1 is 0.541 bits per heavy atom. The van der Waals surface area contributed by atoms with Crippen LogP contribution in [-0.4, -0.2) is 10.9 Å². The highest BCUT2D eigenvalue weighted by atomic mass is 15.3. The van der Waals surface area contributed by atoms with E-state index in [-0.39, 0.29) is 12.1 Å². The van der Waals surface area contributed by atoms with E-state index in [1.165, 1.54) is 44.8 Å². The van der Waals surface area contributed by atoms with Gasteiger partial charge in [0.1, 0.15) is 11.4 Å². The first kappa shape index (κ1) is 25.0. The summed E-state index contributed by atoms with van der Waals surface area (Å²) in [4.78, 5) is 2.59. The Hall–Kier alpha value is -3.65. The van der Waals surface area contributed by atoms with E-state index in [1.54, 1.807) is 0 Å². The van der Waals surface area contributed by atoms with Crippen LogP contribution in [0.15, 0.2) is 97.1 Å². The fourth-order valence-corrected chi connectivity index (χ4v) is 6.06. The van der Waals surface area contributed by atoms with Crippen molar-refractivity contribution in [3.05, 3.63) is 130 Å². The lowest BCUT2D eigenvalue weighted by molar-refractivity contribution is -0.482. The molecule has 37 heavy (non-hydrogen) atoms. The van der Waals surface area contributed by atoms with Gasteiger partial charge in [-0.3, -0.25) is 0 Å². The molecule has 4 aromatic carbocycles. The summed E-state index contributed by atoms with van der Waals surface area (Å²) >= 11 is 0. The molecule has 0 aromatic heterocycles. The molecule has 1 aliphatic heterocycles. The first-order valence-electron chi connectivity index (χ1n) is 13.9. The zero-order valence-electron chi connectivity index (χ0n) is 22.7. The van der Waals surface area contributed by atoms with Gasteiger partial charge in [0.2, 0.25) is 6.34 Å². The van der Waals surface area contributed by atoms with Gasteiger partial charge in [-0.2, -0.15) is 0 Å². The van der Waals surface area contributed by atoms with Gasteiger partial charge in [-0.25, -0.2) is 9.48 Å². The molecule has 1 aliphatic rings. The minimum atomic E-state index is 0.149. The molecular formula is C35H39N2+. The van der Waals surface area contributed by atoms with Gasteiger partial charge in [-0.05, 0) is 47.9 Å². The molecule has 0 saturated heterocycles. The van der Waals surface area contributed by atoms with E-state index >= 15 is 0 Å². The lowest BCUT2D eigenvalue weighted by Gasteiger charge is -2.27. The van der Waals surface area contributed by atoms with Gasteiger partial charge in [-0.15, -0.1) is 0 Å². The van der Waals surface area contributed by atoms with Gasteiger partial charge >= 0.3 is 0 Å². The predicted molar refractivity (Wildman–Crippen MR) is 157 cm³/mol. The highest BCUT2D eigenvalue weighted by Gasteiger charge is 2.47. The van der Waals surface area contributed by atoms with Gasteiger partial charge in [0, 0.05) is 11.1 Å². The average Bonchev–Trinajstić information content (AvgIpc) is 3.36. The SMILES string of the molecule is CCc1cccc(CC)c1N1C=[N+](c2c(CC)cccc2CC)C(c2ccccc2)C1c1ccccc1. The van der Waals surface area contributed by atoms with Crippen LogP contribution < -0.4 is 4.90 Å². The number of benzene rings is 4. The van der Waals surface area contributed by atoms with Crippen LogP contribution in [0, 0.1) is 0 Å². The maximum Gasteiger partial charge on any atom is 0.245 e. The molecule has 2 unspecified atom stereocenters. The number of hydrogen-bond donors (Lipinski definition) is 0. The number of anilines is 1. The molecule has 0 saturated carbocycles. The Balaban J connectivity index is 1.84. The van der Waals surface area contributed by atoms with Gasteiger partial charge in [0.05, 0.1) is 0 Å². The Bertz CT molecular complexity index is 1330. The molecule has 1 heterocycles. The maximum absolute atomic E-state index is 2.59. The topological polar surface area (TPSA) is 6.25 Å². The second-order valence-electron chi connectivity index (χ2n) is 9.90. The van der Waals surface area contributed by atoms with Crippen LogP contribution in [0.3, 0.4) is 0 Å². The van der Waals surface area contributed by atoms with Crippen molar-refractivity contribution in [2.24, 2.45) is 0 Å². The van der Waals surface area contributed by atoms with Crippen molar-refractivity contribution < 1.29 is 4.58 Å². The molecule has 2 atom stereocenters. The minimum absolute atomic E-state index is 0.149. The summed E-state index contributed by atoms with van der Waals surface area (Å²) in [5.74, 6) is 0. The van der Waals surface area contributed by atoms with Crippen LogP contribution in [0.1, 0.15) is 73.2 Å². The lowest BCUT2D eigenvalue weighted by Crippen LogP contribution is -2.28. The highest BCUT2D eigenvalue weighted by Crippen LogP contribution is 2.48. The lowest BCUT2D eigenvalue weighted by atomic mass is 9.90. The molecule has 0 aliphatic carbocycles. The first-order valence-corrected chi connectivity index (χ1v) is 13.9. The zero-order chi connectivity index (χ0) is 25.8. The predicted octanol–water partition coefficient (Wildman–Crippen LogP) is 8.61. The second-order valence-corrected chi connectivity index (χ2v) is 9.90. The molecule has 0 amide bonds. The van der Waals surface area contributed by atoms with Gasteiger partial charge in [0.15, 0.2) is 12.1 Å². The van der Waals surface area contributed by atoms with Gasteiger partial charge < -0.3 is 0 Å². The van der Waals surface area contributed by atoms with Gasteiger partial charge in [-0.1, -0.05) is 125 Å². The Morgan fingerprint density at radius 2 is 1.00 bits per heavy atom. The Labute approximate surface area is 222 Å². The van der Waals surface area contributed by atoms with Crippen molar-refractivity contribution in [3.8, 4) is 0 Å². The van der Waals surface area contributed by atoms with Crippen LogP contribution in [-0.2, 0) is 25.7 Å². The van der Waals surface area contributed by atoms with E-state index in [2.05, 4.69) is 141 Å². The molecule has 5 rings (SSSR count). The van der Waals surface area contributed by atoms with Crippen LogP contribution >= 0.6 is 0 Å². The number of nitrogens with zero attached hydrogens (tertiary/aromatic N) is 2. The third kappa shape index (κ3) is 4.62. The smallest absolute Gasteiger partial charge is 0.221 e. The minimum Gasteiger partial charge on any atom is -0.221 e. The number of aryl methyl sites for hydroxylation is 4. The molecular weight excluding hydrogens is 448 g/mol. The molecule has 2 nitrogen and oxygen atoms in total. The summed E-state index contributed by atoms with van der Waals surface area (Å²) in [6.45, 7) is 9.11. The fourth-order valence-electron chi connectivity index (χ4n) is 6.06. The quantitative estimate of drug-likeness (QED) is 0.225. The number of rotatable bonds is 8. The van der Waals surface area contributed by atoms with E-state index in [4.69, 9.17) is 0 Å². The monoisotopic (exact) mass is 487 g/mol.